The van der Waals surface area contributed by atoms with Crippen molar-refractivity contribution in [1.29, 1.82) is 0 Å². The van der Waals surface area contributed by atoms with E-state index in [1.54, 1.807) is 12.1 Å². The number of piperidine rings is 1. The fourth-order valence-electron chi connectivity index (χ4n) is 3.08. The molecule has 2 aromatic rings. The van der Waals surface area contributed by atoms with Crippen LogP contribution in [0.5, 0.6) is 0 Å². The monoisotopic (exact) mass is 347 g/mol. The van der Waals surface area contributed by atoms with Gasteiger partial charge in [0.1, 0.15) is 5.82 Å². The molecule has 0 amide bonds. The zero-order valence-corrected chi connectivity index (χ0v) is 14.6. The van der Waals surface area contributed by atoms with Gasteiger partial charge in [-0.05, 0) is 31.4 Å². The minimum Gasteiger partial charge on any atom is -0.355 e. The van der Waals surface area contributed by atoms with Crippen molar-refractivity contribution < 1.29 is 0 Å². The van der Waals surface area contributed by atoms with E-state index in [-0.39, 0.29) is 5.56 Å². The molecule has 0 radical (unpaired) electrons. The number of aromatic nitrogens is 4. The summed E-state index contributed by atoms with van der Waals surface area (Å²) >= 11 is 5.79. The number of hydrogen-bond acceptors (Lipinski definition) is 5. The lowest BCUT2D eigenvalue weighted by molar-refractivity contribution is 0.489. The summed E-state index contributed by atoms with van der Waals surface area (Å²) in [6, 6.07) is 5.30. The Balaban J connectivity index is 1.67. The summed E-state index contributed by atoms with van der Waals surface area (Å²) in [4.78, 5) is 21.6. The number of rotatable bonds is 5. The molecule has 0 bridgehead atoms. The molecule has 7 heteroatoms. The first-order chi connectivity index (χ1) is 11.7. The van der Waals surface area contributed by atoms with Gasteiger partial charge < -0.3 is 9.88 Å². The van der Waals surface area contributed by atoms with Crippen LogP contribution in [0.1, 0.15) is 50.0 Å². The highest BCUT2D eigenvalue weighted by Crippen LogP contribution is 2.28. The minimum atomic E-state index is -0.0444. The topological polar surface area (TPSA) is 74.8 Å². The smallest absolute Gasteiger partial charge is 0.251 e. The van der Waals surface area contributed by atoms with E-state index in [0.717, 1.165) is 62.5 Å². The van der Waals surface area contributed by atoms with Crippen molar-refractivity contribution in [2.24, 2.45) is 0 Å². The Labute approximate surface area is 146 Å². The van der Waals surface area contributed by atoms with E-state index in [1.165, 1.54) is 0 Å². The standard InChI is InChI=1S/C17H22ClN5O/c1-2-3-4-15-19-13(11-17(24)20-15)12-7-9-23(10-8-12)16-6-5-14(18)21-22-16/h5-6,11-12H,2-4,7-10H2,1H3,(H,19,20,24). The maximum atomic E-state index is 11.9. The second-order valence-electron chi connectivity index (χ2n) is 6.20. The first-order valence-corrected chi connectivity index (χ1v) is 8.88. The lowest BCUT2D eigenvalue weighted by Crippen LogP contribution is -2.34. The van der Waals surface area contributed by atoms with Gasteiger partial charge in [-0.1, -0.05) is 24.9 Å². The molecule has 1 fully saturated rings. The lowest BCUT2D eigenvalue weighted by atomic mass is 9.93. The predicted octanol–water partition coefficient (Wildman–Crippen LogP) is 2.94. The Bertz CT molecular complexity index is 723. The molecule has 6 nitrogen and oxygen atoms in total. The summed E-state index contributed by atoms with van der Waals surface area (Å²) in [6.45, 7) is 3.89. The molecular formula is C17H22ClN5O. The molecule has 1 aliphatic heterocycles. The third-order valence-corrected chi connectivity index (χ3v) is 4.63. The van der Waals surface area contributed by atoms with Gasteiger partial charge in [0.15, 0.2) is 11.0 Å². The largest absolute Gasteiger partial charge is 0.355 e. The van der Waals surface area contributed by atoms with Crippen molar-refractivity contribution in [1.82, 2.24) is 20.2 Å². The second-order valence-corrected chi connectivity index (χ2v) is 6.58. The van der Waals surface area contributed by atoms with Gasteiger partial charge in [-0.3, -0.25) is 4.79 Å². The van der Waals surface area contributed by atoms with E-state index in [2.05, 4.69) is 32.0 Å². The maximum absolute atomic E-state index is 11.9. The number of hydrogen-bond donors (Lipinski definition) is 1. The quantitative estimate of drug-likeness (QED) is 0.900. The zero-order chi connectivity index (χ0) is 16.9. The molecule has 2 aromatic heterocycles. The van der Waals surface area contributed by atoms with E-state index >= 15 is 0 Å². The van der Waals surface area contributed by atoms with Crippen LogP contribution < -0.4 is 10.5 Å². The molecule has 0 saturated carbocycles. The average Bonchev–Trinajstić information content (AvgIpc) is 2.60. The number of nitrogens with zero attached hydrogens (tertiary/aromatic N) is 4. The SMILES string of the molecule is CCCCc1nc(C2CCN(c3ccc(Cl)nn3)CC2)cc(=O)[nH]1. The van der Waals surface area contributed by atoms with Gasteiger partial charge in [-0.15, -0.1) is 10.2 Å². The van der Waals surface area contributed by atoms with Crippen LogP contribution in [0.4, 0.5) is 5.82 Å². The highest BCUT2D eigenvalue weighted by Gasteiger charge is 2.23. The molecular weight excluding hydrogens is 326 g/mol. The van der Waals surface area contributed by atoms with Crippen molar-refractivity contribution in [2.75, 3.05) is 18.0 Å². The van der Waals surface area contributed by atoms with Crippen LogP contribution in [0.15, 0.2) is 23.0 Å². The van der Waals surface area contributed by atoms with E-state index in [9.17, 15) is 4.79 Å². The summed E-state index contributed by atoms with van der Waals surface area (Å²) in [5.41, 5.74) is 0.879. The Hall–Kier alpha value is -1.95. The van der Waals surface area contributed by atoms with Gasteiger partial charge in [0.25, 0.3) is 5.56 Å². The van der Waals surface area contributed by atoms with Crippen LogP contribution in [0.25, 0.3) is 0 Å². The number of unbranched alkanes of at least 4 members (excludes halogenated alkanes) is 1. The molecule has 128 valence electrons. The summed E-state index contributed by atoms with van der Waals surface area (Å²) < 4.78 is 0. The highest BCUT2D eigenvalue weighted by molar-refractivity contribution is 6.29. The molecule has 3 heterocycles. The molecule has 3 rings (SSSR count). The first-order valence-electron chi connectivity index (χ1n) is 8.50. The molecule has 0 aromatic carbocycles. The van der Waals surface area contributed by atoms with Crippen LogP contribution in [-0.2, 0) is 6.42 Å². The van der Waals surface area contributed by atoms with E-state index in [4.69, 9.17) is 11.6 Å². The Morgan fingerprint density at radius 1 is 1.29 bits per heavy atom. The average molecular weight is 348 g/mol. The van der Waals surface area contributed by atoms with Crippen LogP contribution in [0, 0.1) is 0 Å². The molecule has 0 aliphatic carbocycles. The summed E-state index contributed by atoms with van der Waals surface area (Å²) in [5.74, 6) is 1.98. The van der Waals surface area contributed by atoms with Gasteiger partial charge in [0, 0.05) is 31.5 Å². The molecule has 0 unspecified atom stereocenters. The zero-order valence-electron chi connectivity index (χ0n) is 13.8. The van der Waals surface area contributed by atoms with Crippen LogP contribution in [0.2, 0.25) is 5.15 Å². The summed E-state index contributed by atoms with van der Waals surface area (Å²) in [6.07, 6.45) is 4.87. The van der Waals surface area contributed by atoms with Crippen molar-refractivity contribution >= 4 is 17.4 Å². The van der Waals surface area contributed by atoms with Gasteiger partial charge >= 0.3 is 0 Å². The van der Waals surface area contributed by atoms with Crippen molar-refractivity contribution in [3.63, 3.8) is 0 Å². The predicted molar refractivity (Wildman–Crippen MR) is 94.7 cm³/mol. The first kappa shape index (κ1) is 16.9. The fraction of sp³-hybridized carbons (Fsp3) is 0.529. The second kappa shape index (κ2) is 7.75. The minimum absolute atomic E-state index is 0.0444. The number of nitrogens with one attached hydrogen (secondary N) is 1. The van der Waals surface area contributed by atoms with Crippen molar-refractivity contribution in [2.45, 2.75) is 44.9 Å². The maximum Gasteiger partial charge on any atom is 0.251 e. The number of halogens is 1. The van der Waals surface area contributed by atoms with Crippen LogP contribution in [0.3, 0.4) is 0 Å². The van der Waals surface area contributed by atoms with Crippen LogP contribution >= 0.6 is 11.6 Å². The Kier molecular flexibility index (Phi) is 5.45. The van der Waals surface area contributed by atoms with Gasteiger partial charge in [0.2, 0.25) is 0 Å². The van der Waals surface area contributed by atoms with Crippen LogP contribution in [-0.4, -0.2) is 33.3 Å². The summed E-state index contributed by atoms with van der Waals surface area (Å²) in [5, 5.41) is 8.44. The Morgan fingerprint density at radius 2 is 2.08 bits per heavy atom. The van der Waals surface area contributed by atoms with Crippen molar-refractivity contribution in [3.8, 4) is 0 Å². The number of H-pyrrole nitrogens is 1. The van der Waals surface area contributed by atoms with Crippen molar-refractivity contribution in [3.05, 3.63) is 45.2 Å². The fourth-order valence-corrected chi connectivity index (χ4v) is 3.18. The third kappa shape index (κ3) is 4.12. The molecule has 0 atom stereocenters. The van der Waals surface area contributed by atoms with E-state index in [0.29, 0.717) is 11.1 Å². The molecule has 0 spiro atoms. The highest BCUT2D eigenvalue weighted by atomic mass is 35.5. The number of aromatic amines is 1. The third-order valence-electron chi connectivity index (χ3n) is 4.43. The number of aryl methyl sites for hydroxylation is 1. The molecule has 1 aliphatic rings. The van der Waals surface area contributed by atoms with Gasteiger partial charge in [-0.2, -0.15) is 0 Å². The molecule has 24 heavy (non-hydrogen) atoms. The normalized spacial score (nSPS) is 15.7. The molecule has 1 saturated heterocycles. The Morgan fingerprint density at radius 3 is 2.75 bits per heavy atom. The van der Waals surface area contributed by atoms with Gasteiger partial charge in [-0.25, -0.2) is 4.98 Å². The summed E-state index contributed by atoms with van der Waals surface area (Å²) in [7, 11) is 0. The molecule has 1 N–H and O–H groups in total. The van der Waals surface area contributed by atoms with E-state index in [1.807, 2.05) is 6.07 Å². The van der Waals surface area contributed by atoms with E-state index < -0.39 is 0 Å². The number of anilines is 1. The lowest BCUT2D eigenvalue weighted by Gasteiger charge is -2.32. The van der Waals surface area contributed by atoms with Gasteiger partial charge in [0.05, 0.1) is 5.69 Å².